The third-order valence-corrected chi connectivity index (χ3v) is 19.1. The fourth-order valence-electron chi connectivity index (χ4n) is 13.7. The average Bonchev–Trinajstić information content (AvgIpc) is 1.61. The summed E-state index contributed by atoms with van der Waals surface area (Å²) in [5.74, 6) is 0. The number of hydrogen-bond donors (Lipinski definition) is 2. The van der Waals surface area contributed by atoms with Gasteiger partial charge in [-0.05, 0) is 181 Å². The molecule has 504 valence electrons. The van der Waals surface area contributed by atoms with E-state index in [4.69, 9.17) is 20.4 Å². The van der Waals surface area contributed by atoms with E-state index in [9.17, 15) is 10.0 Å². The van der Waals surface area contributed by atoms with E-state index in [1.165, 1.54) is 38.9 Å². The number of halogens is 1. The molecule has 8 heteroatoms. The molecule has 0 saturated heterocycles. The van der Waals surface area contributed by atoms with Gasteiger partial charge in [0.05, 0.1) is 0 Å². The van der Waals surface area contributed by atoms with E-state index < -0.39 is 7.12 Å². The Morgan fingerprint density at radius 1 is 0.229 bits per heavy atom. The van der Waals surface area contributed by atoms with Crippen LogP contribution in [-0.4, -0.2) is 17.2 Å². The summed E-state index contributed by atoms with van der Waals surface area (Å²) in [5, 5.41) is 24.0. The second kappa shape index (κ2) is 31.1. The van der Waals surface area contributed by atoms with Crippen LogP contribution in [0.1, 0.15) is 7.43 Å². The predicted molar refractivity (Wildman–Crippen MR) is 443 cm³/mol. The Labute approximate surface area is 617 Å². The van der Waals surface area contributed by atoms with Crippen molar-refractivity contribution in [2.24, 2.45) is 0 Å². The standard InChI is InChI=1S/C48H33NO.C30H24BNO2.C18H11ClO.CH4/c1-4-12-34(13-5-1)35-20-22-36(23-21-35)37-24-28-42(29-25-37)49(41-16-8-3-9-17-41)43-30-26-38(27-31-43)40-32-45(39-14-6-2-7-15-39)48-46(33-40)44-18-10-11-19-47(44)50-48;33-31(34)27-17-21-30(22-18-27)32(28-9-5-2-6-10-28)29-19-15-26(16-20-29)25-13-11-24(12-14-25)23-7-3-1-4-8-23;19-13-10-15(12-6-2-1-3-7-12)18-16(11-13)14-8-4-5-9-17(14)20-18;/h1-33H;1-22,33-34H;1-11H;1H4. The van der Waals surface area contributed by atoms with Gasteiger partial charge in [0, 0.05) is 71.8 Å². The minimum atomic E-state index is -1.48. The predicted octanol–water partition coefficient (Wildman–Crippen LogP) is 26.4. The van der Waals surface area contributed by atoms with Crippen LogP contribution in [0.2, 0.25) is 5.02 Å². The van der Waals surface area contributed by atoms with Crippen LogP contribution in [0.25, 0.3) is 122 Å². The summed E-state index contributed by atoms with van der Waals surface area (Å²) in [7, 11) is -1.48. The molecule has 0 aliphatic rings. The maximum absolute atomic E-state index is 9.45. The molecular formula is C97H72BClN2O4. The smallest absolute Gasteiger partial charge is 0.455 e. The van der Waals surface area contributed by atoms with Crippen molar-refractivity contribution in [2.75, 3.05) is 9.80 Å². The van der Waals surface area contributed by atoms with Gasteiger partial charge < -0.3 is 28.7 Å². The Kier molecular flexibility index (Phi) is 20.1. The quantitative estimate of drug-likeness (QED) is 0.106. The van der Waals surface area contributed by atoms with Gasteiger partial charge in [0.15, 0.2) is 0 Å². The van der Waals surface area contributed by atoms with Gasteiger partial charge in [0.25, 0.3) is 0 Å². The second-order valence-corrected chi connectivity index (χ2v) is 25.9. The van der Waals surface area contributed by atoms with Crippen molar-refractivity contribution in [2.45, 2.75) is 7.43 Å². The lowest BCUT2D eigenvalue weighted by molar-refractivity contribution is 0.426. The maximum atomic E-state index is 9.45. The van der Waals surface area contributed by atoms with Crippen molar-refractivity contribution in [3.05, 3.63) is 405 Å². The highest BCUT2D eigenvalue weighted by Gasteiger charge is 2.20. The molecule has 2 N–H and O–H groups in total. The molecule has 16 aromatic carbocycles. The molecule has 6 nitrogen and oxygen atoms in total. The largest absolute Gasteiger partial charge is 0.488 e. The third-order valence-electron chi connectivity index (χ3n) is 18.9. The highest BCUT2D eigenvalue weighted by atomic mass is 35.5. The first-order valence-corrected chi connectivity index (χ1v) is 35.1. The van der Waals surface area contributed by atoms with Crippen LogP contribution in [0.3, 0.4) is 0 Å². The summed E-state index contributed by atoms with van der Waals surface area (Å²) in [6.07, 6.45) is 0. The minimum absolute atomic E-state index is 0. The van der Waals surface area contributed by atoms with Gasteiger partial charge in [-0.15, -0.1) is 0 Å². The Morgan fingerprint density at radius 2 is 0.486 bits per heavy atom. The molecule has 0 spiro atoms. The van der Waals surface area contributed by atoms with Gasteiger partial charge in [0.2, 0.25) is 0 Å². The lowest BCUT2D eigenvalue weighted by Crippen LogP contribution is -2.29. The lowest BCUT2D eigenvalue weighted by Gasteiger charge is -2.26. The van der Waals surface area contributed by atoms with Crippen molar-refractivity contribution in [1.29, 1.82) is 0 Å². The van der Waals surface area contributed by atoms with Crippen LogP contribution in [0, 0.1) is 0 Å². The van der Waals surface area contributed by atoms with Crippen LogP contribution in [0.15, 0.2) is 409 Å². The highest BCUT2D eigenvalue weighted by Crippen LogP contribution is 2.44. The van der Waals surface area contributed by atoms with Crippen LogP contribution in [0.4, 0.5) is 34.1 Å². The number of furan rings is 2. The molecule has 0 atom stereocenters. The van der Waals surface area contributed by atoms with Crippen LogP contribution in [-0.2, 0) is 0 Å². The van der Waals surface area contributed by atoms with Gasteiger partial charge in [-0.3, -0.25) is 0 Å². The summed E-state index contributed by atoms with van der Waals surface area (Å²) in [4.78, 5) is 4.46. The highest BCUT2D eigenvalue weighted by molar-refractivity contribution is 6.58. The molecule has 0 unspecified atom stereocenters. The van der Waals surface area contributed by atoms with E-state index >= 15 is 0 Å². The Balaban J connectivity index is 0.000000138. The number of fused-ring (bicyclic) bond motifs is 6. The van der Waals surface area contributed by atoms with Crippen molar-refractivity contribution in [3.8, 4) is 77.9 Å². The number of anilines is 6. The third kappa shape index (κ3) is 14.8. The molecule has 105 heavy (non-hydrogen) atoms. The molecular weight excluding hydrogens is 1300 g/mol. The number of nitrogens with zero attached hydrogens (tertiary/aromatic N) is 2. The molecule has 18 aromatic rings. The molecule has 0 amide bonds. The molecule has 2 heterocycles. The van der Waals surface area contributed by atoms with Gasteiger partial charge in [0.1, 0.15) is 22.3 Å². The van der Waals surface area contributed by atoms with E-state index in [0.717, 1.165) is 122 Å². The van der Waals surface area contributed by atoms with Crippen molar-refractivity contribution >= 4 is 102 Å². The first-order valence-electron chi connectivity index (χ1n) is 34.8. The van der Waals surface area contributed by atoms with Crippen molar-refractivity contribution in [1.82, 2.24) is 0 Å². The SMILES string of the molecule is C.Clc1cc(-c2ccccc2)c2oc3ccccc3c2c1.OB(O)c1ccc(N(c2ccccc2)c2ccc(-c3ccc(-c4ccccc4)cc3)cc2)cc1.c1ccc(-c2ccc(-c3ccc(N(c4ccccc4)c4ccc(-c5cc(-c6ccccc6)c6oc7ccccc7c6c5)cc4)cc3)cc2)cc1. The van der Waals surface area contributed by atoms with Crippen LogP contribution >= 0.6 is 11.6 Å². The summed E-state index contributed by atoms with van der Waals surface area (Å²) >= 11 is 6.29. The summed E-state index contributed by atoms with van der Waals surface area (Å²) in [6, 6.07) is 138. The molecule has 18 rings (SSSR count). The molecule has 0 radical (unpaired) electrons. The molecule has 0 aliphatic carbocycles. The van der Waals surface area contributed by atoms with E-state index in [2.05, 4.69) is 301 Å². The average molecular weight is 1380 g/mol. The first-order chi connectivity index (χ1) is 51.3. The van der Waals surface area contributed by atoms with E-state index in [1.54, 1.807) is 12.1 Å². The van der Waals surface area contributed by atoms with Crippen molar-refractivity contribution < 1.29 is 18.9 Å². The van der Waals surface area contributed by atoms with Gasteiger partial charge in [-0.2, -0.15) is 0 Å². The molecule has 2 aromatic heterocycles. The zero-order valence-electron chi connectivity index (χ0n) is 56.7. The zero-order chi connectivity index (χ0) is 70.1. The second-order valence-electron chi connectivity index (χ2n) is 25.5. The Hall–Kier alpha value is -13.0. The monoisotopic (exact) mass is 1370 g/mol. The molecule has 0 fully saturated rings. The van der Waals surface area contributed by atoms with E-state index in [-0.39, 0.29) is 7.43 Å². The van der Waals surface area contributed by atoms with Crippen LogP contribution in [0.5, 0.6) is 0 Å². The maximum Gasteiger partial charge on any atom is 0.488 e. The topological polar surface area (TPSA) is 73.2 Å². The normalized spacial score (nSPS) is 10.9. The minimum Gasteiger partial charge on any atom is -0.455 e. The number of para-hydroxylation sites is 4. The zero-order valence-corrected chi connectivity index (χ0v) is 57.4. The summed E-state index contributed by atoms with van der Waals surface area (Å²) < 4.78 is 12.5. The molecule has 0 saturated carbocycles. The van der Waals surface area contributed by atoms with E-state index in [0.29, 0.717) is 5.46 Å². The van der Waals surface area contributed by atoms with Crippen LogP contribution < -0.4 is 15.3 Å². The summed E-state index contributed by atoms with van der Waals surface area (Å²) in [6.45, 7) is 0. The Morgan fingerprint density at radius 3 is 0.838 bits per heavy atom. The lowest BCUT2D eigenvalue weighted by atomic mass is 9.80. The fourth-order valence-corrected chi connectivity index (χ4v) is 13.9. The molecule has 0 bridgehead atoms. The number of rotatable bonds is 14. The van der Waals surface area contributed by atoms with Gasteiger partial charge in [-0.1, -0.05) is 310 Å². The first kappa shape index (κ1) is 67.8. The van der Waals surface area contributed by atoms with Gasteiger partial charge >= 0.3 is 7.12 Å². The fraction of sp³-hybridized carbons (Fsp3) is 0.0103. The molecule has 0 aliphatic heterocycles. The van der Waals surface area contributed by atoms with E-state index in [1.807, 2.05) is 97.1 Å². The van der Waals surface area contributed by atoms with Gasteiger partial charge in [-0.25, -0.2) is 0 Å². The number of benzene rings is 16. The Bertz CT molecular complexity index is 5890. The summed E-state index contributed by atoms with van der Waals surface area (Å²) in [5.41, 5.74) is 26.6. The van der Waals surface area contributed by atoms with Crippen molar-refractivity contribution in [3.63, 3.8) is 0 Å². The number of hydrogen-bond acceptors (Lipinski definition) is 6.